The summed E-state index contributed by atoms with van der Waals surface area (Å²) < 4.78 is 0. The summed E-state index contributed by atoms with van der Waals surface area (Å²) in [6, 6.07) is 0. The second-order valence-electron chi connectivity index (χ2n) is 15.0. The lowest BCUT2D eigenvalue weighted by atomic mass is 9.32. The molecule has 182 valence electrons. The molecule has 0 aromatic rings. The van der Waals surface area contributed by atoms with Crippen molar-refractivity contribution in [3.05, 3.63) is 12.2 Å². The van der Waals surface area contributed by atoms with Crippen LogP contribution in [0.1, 0.15) is 113 Å². The molecule has 0 amide bonds. The van der Waals surface area contributed by atoms with Gasteiger partial charge in [0.05, 0.1) is 0 Å². The van der Waals surface area contributed by atoms with E-state index in [0.717, 1.165) is 23.7 Å². The third-order valence-corrected chi connectivity index (χ3v) is 14.1. The Labute approximate surface area is 199 Å². The minimum absolute atomic E-state index is 0.181. The lowest BCUT2D eigenvalue weighted by molar-refractivity contribution is -0.243. The first-order chi connectivity index (χ1) is 14.9. The molecule has 5 saturated carbocycles. The van der Waals surface area contributed by atoms with Crippen molar-refractivity contribution in [3.8, 4) is 0 Å². The summed E-state index contributed by atoms with van der Waals surface area (Å²) in [4.78, 5) is 0. The lowest BCUT2D eigenvalue weighted by Gasteiger charge is -2.73. The number of hydrogen-bond donors (Lipinski definition) is 1. The predicted octanol–water partition coefficient (Wildman–Crippen LogP) is 8.27. The molecular formula is C31H52O. The van der Waals surface area contributed by atoms with Gasteiger partial charge in [0.15, 0.2) is 0 Å². The number of rotatable bonds is 2. The Bertz CT molecular complexity index is 781. The topological polar surface area (TPSA) is 20.2 Å². The van der Waals surface area contributed by atoms with E-state index in [1.54, 1.807) is 0 Å². The highest BCUT2D eigenvalue weighted by atomic mass is 16.3. The van der Waals surface area contributed by atoms with Crippen LogP contribution in [0.5, 0.6) is 0 Å². The van der Waals surface area contributed by atoms with Crippen molar-refractivity contribution in [1.82, 2.24) is 0 Å². The van der Waals surface area contributed by atoms with E-state index in [9.17, 15) is 5.11 Å². The Hall–Kier alpha value is -0.300. The van der Waals surface area contributed by atoms with Crippen molar-refractivity contribution >= 4 is 0 Å². The van der Waals surface area contributed by atoms with Gasteiger partial charge >= 0.3 is 0 Å². The van der Waals surface area contributed by atoms with E-state index in [-0.39, 0.29) is 5.41 Å². The van der Waals surface area contributed by atoms with Crippen LogP contribution >= 0.6 is 0 Å². The van der Waals surface area contributed by atoms with Gasteiger partial charge in [-0.05, 0) is 134 Å². The van der Waals surface area contributed by atoms with Gasteiger partial charge in [0, 0.05) is 6.61 Å². The van der Waals surface area contributed by atoms with Crippen LogP contribution in [0.15, 0.2) is 12.2 Å². The minimum Gasteiger partial charge on any atom is -0.396 e. The Morgan fingerprint density at radius 1 is 0.812 bits per heavy atom. The zero-order valence-electron chi connectivity index (χ0n) is 22.4. The largest absolute Gasteiger partial charge is 0.396 e. The Morgan fingerprint density at radius 3 is 2.19 bits per heavy atom. The number of hydrogen-bond acceptors (Lipinski definition) is 1. The van der Waals surface area contributed by atoms with E-state index in [1.165, 1.54) is 69.8 Å². The molecule has 32 heavy (non-hydrogen) atoms. The molecule has 5 aliphatic rings. The van der Waals surface area contributed by atoms with Gasteiger partial charge in [-0.2, -0.15) is 0 Å². The second-order valence-corrected chi connectivity index (χ2v) is 15.0. The van der Waals surface area contributed by atoms with Crippen LogP contribution in [0.4, 0.5) is 0 Å². The highest BCUT2D eigenvalue weighted by Gasteiger charge is 2.70. The maximum absolute atomic E-state index is 10.7. The van der Waals surface area contributed by atoms with E-state index < -0.39 is 0 Å². The molecule has 1 heteroatoms. The van der Waals surface area contributed by atoms with E-state index in [0.29, 0.717) is 40.1 Å². The molecule has 0 aromatic carbocycles. The van der Waals surface area contributed by atoms with Gasteiger partial charge in [0.2, 0.25) is 0 Å². The van der Waals surface area contributed by atoms with Crippen LogP contribution in [-0.4, -0.2) is 11.7 Å². The molecule has 5 rings (SSSR count). The van der Waals surface area contributed by atoms with Crippen molar-refractivity contribution in [2.75, 3.05) is 6.61 Å². The highest BCUT2D eigenvalue weighted by molar-refractivity contribution is 5.21. The van der Waals surface area contributed by atoms with Gasteiger partial charge in [-0.3, -0.25) is 0 Å². The SMILES string of the molecule is C=C(C)[C@@H]1CC[C@]2(CO)CC[C@]3(C)[C@H](CC[C@@H]4[C@@]5(C)CC[C@H](C)C(C)(C)[C@@H]5CC[C@]43C)[C@@H]12. The van der Waals surface area contributed by atoms with Crippen LogP contribution in [0.2, 0.25) is 0 Å². The zero-order chi connectivity index (χ0) is 23.3. The van der Waals surface area contributed by atoms with Crippen molar-refractivity contribution in [3.63, 3.8) is 0 Å². The van der Waals surface area contributed by atoms with Gasteiger partial charge in [0.25, 0.3) is 0 Å². The quantitative estimate of drug-likeness (QED) is 0.428. The molecule has 5 aliphatic carbocycles. The Kier molecular flexibility index (Phi) is 5.21. The third kappa shape index (κ3) is 2.67. The summed E-state index contributed by atoms with van der Waals surface area (Å²) in [5.74, 6) is 4.67. The molecule has 0 radical (unpaired) electrons. The van der Waals surface area contributed by atoms with Gasteiger partial charge in [-0.25, -0.2) is 0 Å². The summed E-state index contributed by atoms with van der Waals surface area (Å²) in [7, 11) is 0. The Morgan fingerprint density at radius 2 is 1.53 bits per heavy atom. The molecular weight excluding hydrogens is 388 g/mol. The summed E-state index contributed by atoms with van der Waals surface area (Å²) >= 11 is 0. The summed E-state index contributed by atoms with van der Waals surface area (Å²) in [5.41, 5.74) is 3.41. The first kappa shape index (κ1) is 23.4. The maximum Gasteiger partial charge on any atom is 0.0490 e. The molecule has 0 heterocycles. The first-order valence-corrected chi connectivity index (χ1v) is 14.1. The highest BCUT2D eigenvalue weighted by Crippen LogP contribution is 2.77. The smallest absolute Gasteiger partial charge is 0.0490 e. The van der Waals surface area contributed by atoms with Crippen LogP contribution < -0.4 is 0 Å². The number of aliphatic hydroxyl groups excluding tert-OH is 1. The molecule has 0 unspecified atom stereocenters. The fourth-order valence-corrected chi connectivity index (χ4v) is 11.7. The molecule has 10 atom stereocenters. The summed E-state index contributed by atoms with van der Waals surface area (Å²) in [6.45, 7) is 23.1. The fourth-order valence-electron chi connectivity index (χ4n) is 11.7. The molecule has 0 bridgehead atoms. The number of allylic oxidation sites excluding steroid dienone is 1. The Balaban J connectivity index is 1.55. The molecule has 0 aliphatic heterocycles. The lowest BCUT2D eigenvalue weighted by Crippen LogP contribution is -2.66. The monoisotopic (exact) mass is 440 g/mol. The van der Waals surface area contributed by atoms with Crippen molar-refractivity contribution in [2.24, 2.45) is 62.6 Å². The fraction of sp³-hybridized carbons (Fsp3) is 0.935. The van der Waals surface area contributed by atoms with Crippen LogP contribution in [-0.2, 0) is 0 Å². The van der Waals surface area contributed by atoms with Crippen LogP contribution in [0, 0.1) is 62.6 Å². The molecule has 0 saturated heterocycles. The second kappa shape index (κ2) is 7.11. The predicted molar refractivity (Wildman–Crippen MR) is 135 cm³/mol. The van der Waals surface area contributed by atoms with E-state index >= 15 is 0 Å². The van der Waals surface area contributed by atoms with E-state index in [1.807, 2.05) is 0 Å². The number of fused-ring (bicyclic) bond motifs is 7. The van der Waals surface area contributed by atoms with Crippen LogP contribution in [0.25, 0.3) is 0 Å². The first-order valence-electron chi connectivity index (χ1n) is 14.1. The third-order valence-electron chi connectivity index (χ3n) is 14.1. The molecule has 0 aromatic heterocycles. The molecule has 1 N–H and O–H groups in total. The normalized spacial score (nSPS) is 56.5. The maximum atomic E-state index is 10.7. The van der Waals surface area contributed by atoms with Gasteiger partial charge in [-0.15, -0.1) is 0 Å². The van der Waals surface area contributed by atoms with Crippen molar-refractivity contribution in [1.29, 1.82) is 0 Å². The number of aliphatic hydroxyl groups is 1. The van der Waals surface area contributed by atoms with E-state index in [4.69, 9.17) is 0 Å². The van der Waals surface area contributed by atoms with E-state index in [2.05, 4.69) is 55.0 Å². The summed E-state index contributed by atoms with van der Waals surface area (Å²) in [5, 5.41) is 10.7. The van der Waals surface area contributed by atoms with Gasteiger partial charge < -0.3 is 5.11 Å². The average Bonchev–Trinajstić information content (AvgIpc) is 3.12. The van der Waals surface area contributed by atoms with Gasteiger partial charge in [0.1, 0.15) is 0 Å². The molecule has 5 fully saturated rings. The van der Waals surface area contributed by atoms with Gasteiger partial charge in [-0.1, -0.05) is 53.7 Å². The standard InChI is InChI=1S/C31H52O/c1-20(2)22-12-16-31(19-32)18-17-29(7)23(26(22)31)9-10-25-28(6)14-11-21(3)27(4,5)24(28)13-15-30(25,29)8/h21-26,32H,1,9-19H2,2-8H3/t21-,22-,23+,24-,25+,26+,28-,29+,30+,31+/m0/s1. The van der Waals surface area contributed by atoms with Crippen molar-refractivity contribution < 1.29 is 5.11 Å². The summed E-state index contributed by atoms with van der Waals surface area (Å²) in [6.07, 6.45) is 13.6. The molecule has 1 nitrogen and oxygen atoms in total. The van der Waals surface area contributed by atoms with Crippen molar-refractivity contribution in [2.45, 2.75) is 113 Å². The molecule has 0 spiro atoms. The average molecular weight is 441 g/mol. The van der Waals surface area contributed by atoms with Crippen LogP contribution in [0.3, 0.4) is 0 Å². The minimum atomic E-state index is 0.181. The zero-order valence-corrected chi connectivity index (χ0v) is 22.4.